The van der Waals surface area contributed by atoms with Crippen LogP contribution in [0.2, 0.25) is 0 Å². The lowest BCUT2D eigenvalue weighted by atomic mass is 9.97. The smallest absolute Gasteiger partial charge is 0.277 e. The summed E-state index contributed by atoms with van der Waals surface area (Å²) < 4.78 is 5.65. The van der Waals surface area contributed by atoms with E-state index in [-0.39, 0.29) is 11.8 Å². The van der Waals surface area contributed by atoms with Gasteiger partial charge in [0.25, 0.3) is 11.8 Å². The van der Waals surface area contributed by atoms with Crippen LogP contribution in [0.3, 0.4) is 0 Å². The molecular weight excluding hydrogens is 340 g/mol. The zero-order valence-electron chi connectivity index (χ0n) is 16.1. The number of carbonyl (C=O) groups excluding carboxylic acids is 2. The van der Waals surface area contributed by atoms with Gasteiger partial charge >= 0.3 is 0 Å². The van der Waals surface area contributed by atoms with Crippen LogP contribution in [0.4, 0.5) is 5.69 Å². The molecule has 0 radical (unpaired) electrons. The van der Waals surface area contributed by atoms with Crippen molar-refractivity contribution in [2.75, 3.05) is 19.0 Å². The highest BCUT2D eigenvalue weighted by molar-refractivity contribution is 6.36. The minimum Gasteiger partial charge on any atom is -0.494 e. The minimum atomic E-state index is -0.338. The zero-order valence-corrected chi connectivity index (χ0v) is 16.1. The molecule has 0 unspecified atom stereocenters. The number of imide groups is 1. The van der Waals surface area contributed by atoms with Crippen molar-refractivity contribution in [1.29, 1.82) is 0 Å². The molecule has 5 nitrogen and oxygen atoms in total. The molecule has 0 saturated carbocycles. The second kappa shape index (κ2) is 7.66. The van der Waals surface area contributed by atoms with Gasteiger partial charge < -0.3 is 10.1 Å². The van der Waals surface area contributed by atoms with E-state index in [1.54, 1.807) is 0 Å². The van der Waals surface area contributed by atoms with Crippen molar-refractivity contribution in [3.8, 4) is 5.75 Å². The average molecular weight is 364 g/mol. The third kappa shape index (κ3) is 3.72. The number of carbonyl (C=O) groups is 2. The van der Waals surface area contributed by atoms with Crippen molar-refractivity contribution < 1.29 is 14.3 Å². The van der Waals surface area contributed by atoms with Crippen LogP contribution in [0.15, 0.2) is 48.2 Å². The molecule has 2 aromatic rings. The summed E-state index contributed by atoms with van der Waals surface area (Å²) in [5.41, 5.74) is 4.24. The first-order valence-electron chi connectivity index (χ1n) is 9.06. The van der Waals surface area contributed by atoms with Crippen LogP contribution in [0.5, 0.6) is 5.75 Å². The first kappa shape index (κ1) is 18.7. The number of hydrogen-bond donors (Lipinski definition) is 1. The summed E-state index contributed by atoms with van der Waals surface area (Å²) in [6, 6.07) is 13.3. The Morgan fingerprint density at radius 2 is 1.81 bits per heavy atom. The number of benzene rings is 2. The molecule has 140 valence electrons. The Labute approximate surface area is 159 Å². The molecule has 5 heteroatoms. The number of rotatable bonds is 6. The molecule has 0 fully saturated rings. The average Bonchev–Trinajstić information content (AvgIpc) is 2.85. The normalized spacial score (nSPS) is 14.1. The first-order valence-corrected chi connectivity index (χ1v) is 9.06. The molecule has 0 aliphatic carbocycles. The Morgan fingerprint density at radius 1 is 1.04 bits per heavy atom. The first-order chi connectivity index (χ1) is 12.9. The summed E-state index contributed by atoms with van der Waals surface area (Å²) in [6.07, 6.45) is 0.914. The summed E-state index contributed by atoms with van der Waals surface area (Å²) in [5, 5.41) is 3.15. The molecule has 2 amide bonds. The lowest BCUT2D eigenvalue weighted by Gasteiger charge is -2.12. The van der Waals surface area contributed by atoms with Gasteiger partial charge in [-0.15, -0.1) is 0 Å². The highest BCUT2D eigenvalue weighted by Crippen LogP contribution is 2.32. The van der Waals surface area contributed by atoms with Gasteiger partial charge in [0.2, 0.25) is 0 Å². The fraction of sp³-hybridized carbons (Fsp3) is 0.273. The number of amides is 2. The Kier molecular flexibility index (Phi) is 5.31. The van der Waals surface area contributed by atoms with Gasteiger partial charge in [0.05, 0.1) is 12.2 Å². The van der Waals surface area contributed by atoms with Gasteiger partial charge in [0, 0.05) is 18.8 Å². The van der Waals surface area contributed by atoms with Crippen molar-refractivity contribution in [1.82, 2.24) is 4.90 Å². The number of anilines is 1. The summed E-state index contributed by atoms with van der Waals surface area (Å²) in [6.45, 7) is 6.62. The Bertz CT molecular complexity index is 931. The van der Waals surface area contributed by atoms with Crippen molar-refractivity contribution >= 4 is 23.1 Å². The van der Waals surface area contributed by atoms with Gasteiger partial charge in [-0.2, -0.15) is 0 Å². The van der Waals surface area contributed by atoms with Crippen molar-refractivity contribution in [3.05, 3.63) is 64.9 Å². The molecule has 0 saturated heterocycles. The number of nitrogens with zero attached hydrogens (tertiary/aromatic N) is 1. The molecule has 0 atom stereocenters. The molecule has 1 N–H and O–H groups in total. The van der Waals surface area contributed by atoms with Crippen molar-refractivity contribution in [3.63, 3.8) is 0 Å². The van der Waals surface area contributed by atoms with E-state index < -0.39 is 0 Å². The molecular formula is C22H24N2O3. The molecule has 1 aliphatic heterocycles. The molecule has 3 rings (SSSR count). The van der Waals surface area contributed by atoms with E-state index in [9.17, 15) is 9.59 Å². The zero-order chi connectivity index (χ0) is 19.6. The van der Waals surface area contributed by atoms with Crippen LogP contribution in [0.25, 0.3) is 5.57 Å². The van der Waals surface area contributed by atoms with Gasteiger partial charge in [-0.25, -0.2) is 0 Å². The number of aryl methyl sites for hydroxylation is 2. The lowest BCUT2D eigenvalue weighted by molar-refractivity contribution is -0.135. The molecule has 1 heterocycles. The van der Waals surface area contributed by atoms with Gasteiger partial charge in [0.15, 0.2) is 0 Å². The van der Waals surface area contributed by atoms with Gasteiger partial charge in [-0.1, -0.05) is 36.8 Å². The molecule has 0 aromatic heterocycles. The standard InChI is InChI=1S/C22H24N2O3/c1-5-11-27-17-8-6-7-16(13-17)23-20-19(21(25)24(4)22(20)26)18-10-9-14(2)12-15(18)3/h6-10,12-13,23H,5,11H2,1-4H3. The van der Waals surface area contributed by atoms with E-state index in [1.165, 1.54) is 7.05 Å². The van der Waals surface area contributed by atoms with E-state index in [4.69, 9.17) is 4.74 Å². The largest absolute Gasteiger partial charge is 0.494 e. The Balaban J connectivity index is 2.02. The topological polar surface area (TPSA) is 58.6 Å². The van der Waals surface area contributed by atoms with Crippen LogP contribution < -0.4 is 10.1 Å². The summed E-state index contributed by atoms with van der Waals surface area (Å²) in [7, 11) is 1.50. The highest BCUT2D eigenvalue weighted by Gasteiger charge is 2.37. The maximum absolute atomic E-state index is 12.7. The monoisotopic (exact) mass is 364 g/mol. The Morgan fingerprint density at radius 3 is 2.52 bits per heavy atom. The third-order valence-corrected chi connectivity index (χ3v) is 4.51. The van der Waals surface area contributed by atoms with Crippen molar-refractivity contribution in [2.45, 2.75) is 27.2 Å². The maximum Gasteiger partial charge on any atom is 0.277 e. The SMILES string of the molecule is CCCOc1cccc(NC2=C(c3ccc(C)cc3C)C(=O)N(C)C2=O)c1. The molecule has 1 aliphatic rings. The molecule has 2 aromatic carbocycles. The minimum absolute atomic E-state index is 0.294. The quantitative estimate of drug-likeness (QED) is 0.790. The number of likely N-dealkylation sites (N-methyl/N-ethyl adjacent to an activating group) is 1. The molecule has 27 heavy (non-hydrogen) atoms. The maximum atomic E-state index is 12.7. The summed E-state index contributed by atoms with van der Waals surface area (Å²) >= 11 is 0. The number of hydrogen-bond acceptors (Lipinski definition) is 4. The van der Waals surface area contributed by atoms with Gasteiger partial charge in [-0.3, -0.25) is 14.5 Å². The van der Waals surface area contributed by atoms with Gasteiger partial charge in [-0.05, 0) is 43.5 Å². The second-order valence-electron chi connectivity index (χ2n) is 6.74. The fourth-order valence-corrected chi connectivity index (χ4v) is 3.13. The van der Waals surface area contributed by atoms with E-state index >= 15 is 0 Å². The van der Waals surface area contributed by atoms with Crippen LogP contribution in [-0.4, -0.2) is 30.4 Å². The number of ether oxygens (including phenoxy) is 1. The molecule has 0 bridgehead atoms. The predicted molar refractivity (Wildman–Crippen MR) is 106 cm³/mol. The van der Waals surface area contributed by atoms with E-state index in [0.29, 0.717) is 23.6 Å². The van der Waals surface area contributed by atoms with Crippen LogP contribution in [0.1, 0.15) is 30.0 Å². The van der Waals surface area contributed by atoms with Crippen LogP contribution in [0, 0.1) is 13.8 Å². The fourth-order valence-electron chi connectivity index (χ4n) is 3.13. The Hall–Kier alpha value is -3.08. The summed E-state index contributed by atoms with van der Waals surface area (Å²) in [4.78, 5) is 26.6. The predicted octanol–water partition coefficient (Wildman–Crippen LogP) is 3.91. The van der Waals surface area contributed by atoms with Crippen LogP contribution in [-0.2, 0) is 9.59 Å². The van der Waals surface area contributed by atoms with Crippen LogP contribution >= 0.6 is 0 Å². The highest BCUT2D eigenvalue weighted by atomic mass is 16.5. The number of nitrogens with one attached hydrogen (secondary N) is 1. The lowest BCUT2D eigenvalue weighted by Crippen LogP contribution is -2.28. The molecule has 0 spiro atoms. The van der Waals surface area contributed by atoms with E-state index in [1.807, 2.05) is 63.2 Å². The van der Waals surface area contributed by atoms with E-state index in [0.717, 1.165) is 33.8 Å². The van der Waals surface area contributed by atoms with Gasteiger partial charge in [0.1, 0.15) is 11.4 Å². The summed E-state index contributed by atoms with van der Waals surface area (Å²) in [5.74, 6) is 0.0864. The van der Waals surface area contributed by atoms with Crippen molar-refractivity contribution in [2.24, 2.45) is 0 Å². The van der Waals surface area contributed by atoms with E-state index in [2.05, 4.69) is 5.32 Å². The second-order valence-corrected chi connectivity index (χ2v) is 6.74. The third-order valence-electron chi connectivity index (χ3n) is 4.51.